The third kappa shape index (κ3) is 6.06. The Bertz CT molecular complexity index is 1190. The summed E-state index contributed by atoms with van der Waals surface area (Å²) >= 11 is 0. The van der Waals surface area contributed by atoms with Crippen molar-refractivity contribution in [1.29, 1.82) is 0 Å². The molecule has 0 spiro atoms. The number of para-hydroxylation sites is 2. The van der Waals surface area contributed by atoms with Crippen molar-refractivity contribution < 1.29 is 14.4 Å². The molecule has 2 N–H and O–H groups in total. The van der Waals surface area contributed by atoms with Crippen LogP contribution in [0.4, 0.5) is 17.1 Å². The van der Waals surface area contributed by atoms with Crippen LogP contribution in [-0.4, -0.2) is 48.8 Å². The molecule has 35 heavy (non-hydrogen) atoms. The second-order valence-corrected chi connectivity index (χ2v) is 8.49. The second-order valence-electron chi connectivity index (χ2n) is 8.49. The maximum Gasteiger partial charge on any atom is 0.256 e. The zero-order chi connectivity index (χ0) is 24.6. The first kappa shape index (κ1) is 24.0. The smallest absolute Gasteiger partial charge is 0.256 e. The maximum absolute atomic E-state index is 13.3. The van der Waals surface area contributed by atoms with Crippen molar-refractivity contribution in [3.8, 4) is 0 Å². The number of rotatable bonds is 7. The minimum Gasteiger partial charge on any atom is -0.368 e. The fourth-order valence-corrected chi connectivity index (χ4v) is 4.14. The van der Waals surface area contributed by atoms with Crippen molar-refractivity contribution >= 4 is 34.8 Å². The van der Waals surface area contributed by atoms with E-state index in [1.807, 2.05) is 30.0 Å². The number of carbonyl (C=O) groups is 3. The number of hydrogen-bond acceptors (Lipinski definition) is 4. The van der Waals surface area contributed by atoms with Gasteiger partial charge in [0.15, 0.2) is 0 Å². The number of nitrogens with zero attached hydrogens (tertiary/aromatic N) is 2. The van der Waals surface area contributed by atoms with Crippen molar-refractivity contribution in [3.05, 3.63) is 90.0 Å². The lowest BCUT2D eigenvalue weighted by atomic mass is 10.1. The molecule has 1 aliphatic rings. The summed E-state index contributed by atoms with van der Waals surface area (Å²) in [4.78, 5) is 42.3. The van der Waals surface area contributed by atoms with Gasteiger partial charge in [0, 0.05) is 49.5 Å². The van der Waals surface area contributed by atoms with E-state index in [0.717, 1.165) is 25.2 Å². The van der Waals surface area contributed by atoms with Crippen LogP contribution in [0.2, 0.25) is 0 Å². The van der Waals surface area contributed by atoms with Gasteiger partial charge < -0.3 is 20.4 Å². The Kier molecular flexibility index (Phi) is 7.77. The fourth-order valence-electron chi connectivity index (χ4n) is 4.14. The number of nitrogens with one attached hydrogen (secondary N) is 2. The molecule has 0 saturated carbocycles. The first-order valence-electron chi connectivity index (χ1n) is 11.9. The number of amides is 3. The van der Waals surface area contributed by atoms with Gasteiger partial charge >= 0.3 is 0 Å². The van der Waals surface area contributed by atoms with Crippen LogP contribution in [0.25, 0.3) is 0 Å². The van der Waals surface area contributed by atoms with E-state index in [1.165, 1.54) is 0 Å². The van der Waals surface area contributed by atoms with E-state index >= 15 is 0 Å². The van der Waals surface area contributed by atoms with E-state index in [-0.39, 0.29) is 17.7 Å². The Morgan fingerprint density at radius 2 is 1.51 bits per heavy atom. The normalized spacial score (nSPS) is 13.3. The molecule has 0 aliphatic carbocycles. The van der Waals surface area contributed by atoms with E-state index in [2.05, 4.69) is 27.7 Å². The van der Waals surface area contributed by atoms with Gasteiger partial charge in [-0.1, -0.05) is 43.3 Å². The van der Waals surface area contributed by atoms with E-state index < -0.39 is 0 Å². The zero-order valence-electron chi connectivity index (χ0n) is 19.9. The summed E-state index contributed by atoms with van der Waals surface area (Å²) < 4.78 is 0. The lowest BCUT2D eigenvalue weighted by Crippen LogP contribution is -2.48. The van der Waals surface area contributed by atoms with Crippen LogP contribution in [0, 0.1) is 0 Å². The van der Waals surface area contributed by atoms with Gasteiger partial charge in [-0.15, -0.1) is 0 Å². The molecule has 1 aliphatic heterocycles. The lowest BCUT2D eigenvalue weighted by molar-refractivity contribution is -0.116. The molecule has 1 heterocycles. The Morgan fingerprint density at radius 3 is 2.26 bits per heavy atom. The fraction of sp³-hybridized carbons (Fsp3) is 0.250. The van der Waals surface area contributed by atoms with Crippen LogP contribution >= 0.6 is 0 Å². The summed E-state index contributed by atoms with van der Waals surface area (Å²) in [7, 11) is 0. The molecular formula is C28H30N4O3. The summed E-state index contributed by atoms with van der Waals surface area (Å²) in [6.07, 6.45) is 1.17. The topological polar surface area (TPSA) is 81.8 Å². The molecule has 0 atom stereocenters. The maximum atomic E-state index is 13.3. The molecule has 4 rings (SSSR count). The highest BCUT2D eigenvalue weighted by atomic mass is 16.2. The van der Waals surface area contributed by atoms with Gasteiger partial charge in [-0.25, -0.2) is 0 Å². The Labute approximate surface area is 205 Å². The highest BCUT2D eigenvalue weighted by Gasteiger charge is 2.24. The Balaban J connectivity index is 1.43. The van der Waals surface area contributed by atoms with Gasteiger partial charge in [-0.05, 0) is 48.9 Å². The van der Waals surface area contributed by atoms with Gasteiger partial charge in [0.1, 0.15) is 0 Å². The summed E-state index contributed by atoms with van der Waals surface area (Å²) in [5.74, 6) is -0.534. The van der Waals surface area contributed by atoms with Gasteiger partial charge in [0.2, 0.25) is 5.91 Å². The van der Waals surface area contributed by atoms with Crippen LogP contribution in [0.3, 0.4) is 0 Å². The largest absolute Gasteiger partial charge is 0.368 e. The Morgan fingerprint density at radius 1 is 0.800 bits per heavy atom. The summed E-state index contributed by atoms with van der Waals surface area (Å²) in [5, 5.41) is 5.68. The van der Waals surface area contributed by atoms with Gasteiger partial charge in [-0.2, -0.15) is 0 Å². The van der Waals surface area contributed by atoms with Crippen LogP contribution < -0.4 is 15.5 Å². The molecule has 0 unspecified atom stereocenters. The summed E-state index contributed by atoms with van der Waals surface area (Å²) in [6.45, 7) is 4.65. The molecule has 0 radical (unpaired) electrons. The molecule has 180 valence electrons. The van der Waals surface area contributed by atoms with Crippen molar-refractivity contribution in [3.63, 3.8) is 0 Å². The molecule has 3 amide bonds. The number of piperazine rings is 1. The lowest BCUT2D eigenvalue weighted by Gasteiger charge is -2.36. The monoisotopic (exact) mass is 470 g/mol. The SMILES string of the molecule is CCCC(=O)Nc1cccc(C(=O)Nc2ccccc2C(=O)N2CCN(c3ccccc3)CC2)c1. The van der Waals surface area contributed by atoms with Crippen molar-refractivity contribution in [1.82, 2.24) is 4.90 Å². The quantitative estimate of drug-likeness (QED) is 0.527. The predicted molar refractivity (Wildman–Crippen MR) is 139 cm³/mol. The minimum atomic E-state index is -0.342. The third-order valence-electron chi connectivity index (χ3n) is 5.98. The van der Waals surface area contributed by atoms with E-state index in [1.54, 1.807) is 48.5 Å². The Hall–Kier alpha value is -4.13. The number of hydrogen-bond donors (Lipinski definition) is 2. The average molecular weight is 471 g/mol. The van der Waals surface area contributed by atoms with E-state index in [9.17, 15) is 14.4 Å². The van der Waals surface area contributed by atoms with Crippen LogP contribution in [0.1, 0.15) is 40.5 Å². The van der Waals surface area contributed by atoms with Crippen molar-refractivity contribution in [2.24, 2.45) is 0 Å². The number of carbonyl (C=O) groups excluding carboxylic acids is 3. The number of benzene rings is 3. The third-order valence-corrected chi connectivity index (χ3v) is 5.98. The van der Waals surface area contributed by atoms with Gasteiger partial charge in [-0.3, -0.25) is 14.4 Å². The van der Waals surface area contributed by atoms with Gasteiger partial charge in [0.05, 0.1) is 11.3 Å². The van der Waals surface area contributed by atoms with Crippen LogP contribution in [0.5, 0.6) is 0 Å². The van der Waals surface area contributed by atoms with Crippen LogP contribution in [0.15, 0.2) is 78.9 Å². The van der Waals surface area contributed by atoms with Crippen molar-refractivity contribution in [2.45, 2.75) is 19.8 Å². The summed E-state index contributed by atoms with van der Waals surface area (Å²) in [6, 6.07) is 24.0. The van der Waals surface area contributed by atoms with Gasteiger partial charge in [0.25, 0.3) is 11.8 Å². The van der Waals surface area contributed by atoms with Crippen molar-refractivity contribution in [2.75, 3.05) is 41.7 Å². The van der Waals surface area contributed by atoms with E-state index in [0.29, 0.717) is 42.0 Å². The predicted octanol–water partition coefficient (Wildman–Crippen LogP) is 4.64. The average Bonchev–Trinajstić information content (AvgIpc) is 2.89. The first-order chi connectivity index (χ1) is 17.0. The molecule has 7 heteroatoms. The second kappa shape index (κ2) is 11.3. The molecule has 7 nitrogen and oxygen atoms in total. The molecule has 0 aromatic heterocycles. The van der Waals surface area contributed by atoms with Crippen LogP contribution in [-0.2, 0) is 4.79 Å². The first-order valence-corrected chi connectivity index (χ1v) is 11.9. The minimum absolute atomic E-state index is 0.0895. The highest BCUT2D eigenvalue weighted by molar-refractivity contribution is 6.09. The molecule has 3 aromatic carbocycles. The summed E-state index contributed by atoms with van der Waals surface area (Å²) in [5.41, 5.74) is 3.05. The standard InChI is InChI=1S/C28H30N4O3/c1-2-9-26(33)29-22-11-8-10-21(20-22)27(34)30-25-15-7-6-14-24(25)28(35)32-18-16-31(17-19-32)23-12-4-3-5-13-23/h3-8,10-15,20H,2,9,16-19H2,1H3,(H,29,33)(H,30,34). The zero-order valence-corrected chi connectivity index (χ0v) is 19.9. The molecule has 0 bridgehead atoms. The van der Waals surface area contributed by atoms with E-state index in [4.69, 9.17) is 0 Å². The number of anilines is 3. The molecular weight excluding hydrogens is 440 g/mol. The highest BCUT2D eigenvalue weighted by Crippen LogP contribution is 2.22. The molecule has 1 fully saturated rings. The molecule has 3 aromatic rings. The molecule has 1 saturated heterocycles.